The molecule has 0 radical (unpaired) electrons. The number of nitrogens with one attached hydrogen (secondary N) is 1. The third-order valence-electron chi connectivity index (χ3n) is 5.41. The van der Waals surface area contributed by atoms with Crippen molar-refractivity contribution >= 4 is 41.1 Å². The lowest BCUT2D eigenvalue weighted by Crippen LogP contribution is -2.13. The van der Waals surface area contributed by atoms with Crippen molar-refractivity contribution in [3.63, 3.8) is 0 Å². The Bertz CT molecular complexity index is 1210. The fourth-order valence-electron chi connectivity index (χ4n) is 3.85. The first-order valence-electron chi connectivity index (χ1n) is 11.1. The molecule has 0 saturated heterocycles. The van der Waals surface area contributed by atoms with E-state index in [1.807, 2.05) is 56.5 Å². The van der Waals surface area contributed by atoms with Crippen LogP contribution in [-0.2, 0) is 17.0 Å². The van der Waals surface area contributed by atoms with Gasteiger partial charge in [-0.05, 0) is 46.2 Å². The van der Waals surface area contributed by atoms with Crippen LogP contribution in [0.25, 0.3) is 0 Å². The number of nitrogen functional groups attached to an aromatic ring is 1. The number of carbonyl (C=O) groups is 2. The van der Waals surface area contributed by atoms with E-state index < -0.39 is 5.97 Å². The molecule has 0 atom stereocenters. The van der Waals surface area contributed by atoms with Crippen molar-refractivity contribution in [3.05, 3.63) is 58.2 Å². The Labute approximate surface area is 203 Å². The monoisotopic (exact) mass is 482 g/mol. The molecule has 0 amide bonds. The van der Waals surface area contributed by atoms with Crippen molar-refractivity contribution in [2.24, 2.45) is 0 Å². The molecule has 0 bridgehead atoms. The molecule has 0 unspecified atom stereocenters. The first-order valence-corrected chi connectivity index (χ1v) is 12.2. The Hall–Kier alpha value is -3.40. The zero-order valence-corrected chi connectivity index (χ0v) is 21.0. The van der Waals surface area contributed by atoms with Gasteiger partial charge in [0.15, 0.2) is 5.78 Å². The van der Waals surface area contributed by atoms with Gasteiger partial charge in [0.25, 0.3) is 0 Å². The van der Waals surface area contributed by atoms with E-state index in [1.165, 1.54) is 11.8 Å². The number of aryl methyl sites for hydroxylation is 1. The molecular formula is C24H30N6O3S. The largest absolute Gasteiger partial charge is 0.462 e. The van der Waals surface area contributed by atoms with Crippen LogP contribution in [0.15, 0.2) is 24.3 Å². The van der Waals surface area contributed by atoms with E-state index in [2.05, 4.69) is 20.3 Å². The van der Waals surface area contributed by atoms with Crippen LogP contribution in [0.1, 0.15) is 57.3 Å². The van der Waals surface area contributed by atoms with Crippen molar-refractivity contribution < 1.29 is 14.3 Å². The van der Waals surface area contributed by atoms with Crippen LogP contribution in [0.2, 0.25) is 0 Å². The zero-order chi connectivity index (χ0) is 24.8. The van der Waals surface area contributed by atoms with E-state index in [0.29, 0.717) is 35.2 Å². The molecule has 2 aromatic heterocycles. The standard InChI is InChI=1S/C24H30N6O3S/c1-6-30-15(4)20(21(16(30)5)22(32)33-7-2)18(31)12-34-13-19-27-23(25)29-24(28-19)26-17-11-9-8-10-14(17)3/h8-11H,6-7,12-13H2,1-5H3,(H3,25,26,27,28,29). The molecular weight excluding hydrogens is 452 g/mol. The highest BCUT2D eigenvalue weighted by Crippen LogP contribution is 2.26. The summed E-state index contributed by atoms with van der Waals surface area (Å²) in [4.78, 5) is 38.5. The van der Waals surface area contributed by atoms with E-state index in [4.69, 9.17) is 10.5 Å². The second-order valence-electron chi connectivity index (χ2n) is 7.67. The lowest BCUT2D eigenvalue weighted by Gasteiger charge is -2.09. The number of aromatic nitrogens is 4. The summed E-state index contributed by atoms with van der Waals surface area (Å²) in [5.41, 5.74) is 10.1. The van der Waals surface area contributed by atoms with E-state index in [1.54, 1.807) is 6.92 Å². The average Bonchev–Trinajstić information content (AvgIpc) is 3.04. The summed E-state index contributed by atoms with van der Waals surface area (Å²) in [5, 5.41) is 3.16. The number of nitrogens with two attached hydrogens (primary N) is 1. The van der Waals surface area contributed by atoms with E-state index >= 15 is 0 Å². The number of hydrogen-bond acceptors (Lipinski definition) is 9. The van der Waals surface area contributed by atoms with Crippen LogP contribution in [-0.4, -0.2) is 43.6 Å². The summed E-state index contributed by atoms with van der Waals surface area (Å²) in [6.07, 6.45) is 0. The fourth-order valence-corrected chi connectivity index (χ4v) is 4.59. The quantitative estimate of drug-likeness (QED) is 0.322. The minimum atomic E-state index is -0.471. The summed E-state index contributed by atoms with van der Waals surface area (Å²) < 4.78 is 7.17. The molecule has 34 heavy (non-hydrogen) atoms. The van der Waals surface area contributed by atoms with Gasteiger partial charge in [0.05, 0.1) is 29.2 Å². The number of ketones is 1. The molecule has 0 aliphatic carbocycles. The van der Waals surface area contributed by atoms with Crippen molar-refractivity contribution in [3.8, 4) is 0 Å². The second kappa shape index (κ2) is 11.1. The summed E-state index contributed by atoms with van der Waals surface area (Å²) in [5.74, 6) is 0.825. The molecule has 0 aliphatic heterocycles. The molecule has 9 nitrogen and oxygen atoms in total. The molecule has 3 N–H and O–H groups in total. The molecule has 3 aromatic rings. The van der Waals surface area contributed by atoms with Gasteiger partial charge in [0, 0.05) is 23.6 Å². The molecule has 0 fully saturated rings. The Morgan fingerprint density at radius 3 is 2.44 bits per heavy atom. The van der Waals surface area contributed by atoms with Gasteiger partial charge in [0.1, 0.15) is 5.82 Å². The number of ether oxygens (including phenoxy) is 1. The van der Waals surface area contributed by atoms with Gasteiger partial charge >= 0.3 is 5.97 Å². The maximum Gasteiger partial charge on any atom is 0.340 e. The number of esters is 1. The van der Waals surface area contributed by atoms with Crippen LogP contribution in [0.5, 0.6) is 0 Å². The Kier molecular flexibility index (Phi) is 8.27. The zero-order valence-electron chi connectivity index (χ0n) is 20.1. The van der Waals surface area contributed by atoms with Gasteiger partial charge < -0.3 is 20.4 Å². The molecule has 0 aliphatic rings. The van der Waals surface area contributed by atoms with Crippen LogP contribution in [0.3, 0.4) is 0 Å². The van der Waals surface area contributed by atoms with Gasteiger partial charge in [-0.2, -0.15) is 15.0 Å². The van der Waals surface area contributed by atoms with Crippen LogP contribution in [0.4, 0.5) is 17.6 Å². The third-order valence-corrected chi connectivity index (χ3v) is 6.34. The normalized spacial score (nSPS) is 10.9. The lowest BCUT2D eigenvalue weighted by atomic mass is 10.1. The highest BCUT2D eigenvalue weighted by atomic mass is 32.2. The highest BCUT2D eigenvalue weighted by Gasteiger charge is 2.27. The fraction of sp³-hybridized carbons (Fsp3) is 0.375. The number of thioether (sulfide) groups is 1. The Morgan fingerprint density at radius 1 is 1.06 bits per heavy atom. The SMILES string of the molecule is CCOC(=O)c1c(C(=O)CSCc2nc(N)nc(Nc3ccccc3C)n2)c(C)n(CC)c1C. The number of anilines is 3. The predicted molar refractivity (Wildman–Crippen MR) is 135 cm³/mol. The summed E-state index contributed by atoms with van der Waals surface area (Å²) >= 11 is 1.35. The third kappa shape index (κ3) is 5.56. The maximum atomic E-state index is 13.1. The Morgan fingerprint density at radius 2 is 1.76 bits per heavy atom. The molecule has 0 spiro atoms. The molecule has 0 saturated carbocycles. The van der Waals surface area contributed by atoms with E-state index in [0.717, 1.165) is 22.6 Å². The number of carbonyl (C=O) groups excluding carboxylic acids is 2. The molecule has 2 heterocycles. The minimum absolute atomic E-state index is 0.101. The molecule has 1 aromatic carbocycles. The summed E-state index contributed by atoms with van der Waals surface area (Å²) in [7, 11) is 0. The number of rotatable bonds is 10. The molecule has 3 rings (SSSR count). The number of para-hydroxylation sites is 1. The number of Topliss-reactive ketones (excluding diaryl/α,β-unsaturated/α-hetero) is 1. The van der Waals surface area contributed by atoms with Crippen molar-refractivity contribution in [1.82, 2.24) is 19.5 Å². The topological polar surface area (TPSA) is 125 Å². The smallest absolute Gasteiger partial charge is 0.340 e. The Balaban J connectivity index is 1.74. The number of nitrogens with zero attached hydrogens (tertiary/aromatic N) is 4. The molecule has 10 heteroatoms. The van der Waals surface area contributed by atoms with Crippen molar-refractivity contribution in [1.29, 1.82) is 0 Å². The van der Waals surface area contributed by atoms with E-state index in [9.17, 15) is 9.59 Å². The molecule has 180 valence electrons. The van der Waals surface area contributed by atoms with Gasteiger partial charge in [-0.3, -0.25) is 4.79 Å². The first-order chi connectivity index (χ1) is 16.3. The number of hydrogen-bond donors (Lipinski definition) is 2. The second-order valence-corrected chi connectivity index (χ2v) is 8.66. The lowest BCUT2D eigenvalue weighted by molar-refractivity contribution is 0.0522. The van der Waals surface area contributed by atoms with E-state index in [-0.39, 0.29) is 24.1 Å². The average molecular weight is 483 g/mol. The maximum absolute atomic E-state index is 13.1. The van der Waals surface area contributed by atoms with Gasteiger partial charge in [-0.15, -0.1) is 11.8 Å². The van der Waals surface area contributed by atoms with Crippen LogP contribution < -0.4 is 11.1 Å². The van der Waals surface area contributed by atoms with Gasteiger partial charge in [0.2, 0.25) is 11.9 Å². The predicted octanol–water partition coefficient (Wildman–Crippen LogP) is 4.24. The van der Waals surface area contributed by atoms with Gasteiger partial charge in [-0.25, -0.2) is 4.79 Å². The van der Waals surface area contributed by atoms with Crippen LogP contribution in [0, 0.1) is 20.8 Å². The number of benzene rings is 1. The van der Waals surface area contributed by atoms with Gasteiger partial charge in [-0.1, -0.05) is 18.2 Å². The summed E-state index contributed by atoms with van der Waals surface area (Å²) in [6.45, 7) is 10.3. The highest BCUT2D eigenvalue weighted by molar-refractivity contribution is 7.99. The minimum Gasteiger partial charge on any atom is -0.462 e. The van der Waals surface area contributed by atoms with Crippen LogP contribution >= 0.6 is 11.8 Å². The first kappa shape index (κ1) is 25.2. The van der Waals surface area contributed by atoms with Crippen molar-refractivity contribution in [2.45, 2.75) is 46.9 Å². The van der Waals surface area contributed by atoms with Crippen molar-refractivity contribution in [2.75, 3.05) is 23.4 Å². The summed E-state index contributed by atoms with van der Waals surface area (Å²) in [6, 6.07) is 7.78.